The Labute approximate surface area is 159 Å². The molecule has 1 aromatic rings. The summed E-state index contributed by atoms with van der Waals surface area (Å²) in [5.41, 5.74) is 3.43. The van der Waals surface area contributed by atoms with E-state index in [1.54, 1.807) is 0 Å². The van der Waals surface area contributed by atoms with Crippen LogP contribution in [0.25, 0.3) is 0 Å². The number of nitrogens with two attached hydrogens (primary N) is 1. The predicted octanol–water partition coefficient (Wildman–Crippen LogP) is -0.977. The van der Waals surface area contributed by atoms with Crippen LogP contribution in [-0.4, -0.2) is 96.3 Å². The van der Waals surface area contributed by atoms with Crippen molar-refractivity contribution < 1.29 is 9.15 Å². The summed E-state index contributed by atoms with van der Waals surface area (Å²) >= 11 is 0. The fraction of sp³-hybridized carbons (Fsp3) is 0.812. The van der Waals surface area contributed by atoms with E-state index in [9.17, 15) is 0 Å². The number of nitrogens with zero attached hydrogens (tertiary/aromatic N) is 7. The molecule has 1 aromatic heterocycles. The van der Waals surface area contributed by atoms with Crippen LogP contribution in [-0.2, 0) is 4.74 Å². The Morgan fingerprint density at radius 3 is 2.37 bits per heavy atom. The maximum absolute atomic E-state index is 5.99. The van der Waals surface area contributed by atoms with Crippen molar-refractivity contribution in [3.63, 3.8) is 0 Å². The lowest BCUT2D eigenvalue weighted by Crippen LogP contribution is -2.56. The number of piperazine rings is 2. The molecule has 2 saturated heterocycles. The van der Waals surface area contributed by atoms with Gasteiger partial charge in [0.2, 0.25) is 5.89 Å². The summed E-state index contributed by atoms with van der Waals surface area (Å²) in [6, 6.07) is 1.34. The molecular formula is C16H29N9O2. The van der Waals surface area contributed by atoms with Crippen LogP contribution in [0.1, 0.15) is 25.7 Å². The van der Waals surface area contributed by atoms with Crippen LogP contribution in [0.4, 0.5) is 6.01 Å². The fourth-order valence-corrected chi connectivity index (χ4v) is 3.34. The molecule has 2 fully saturated rings. The van der Waals surface area contributed by atoms with E-state index in [1.807, 2.05) is 18.9 Å². The van der Waals surface area contributed by atoms with Gasteiger partial charge in [-0.15, -0.1) is 5.10 Å². The molecule has 0 amide bonds. The third-order valence-corrected chi connectivity index (χ3v) is 5.03. The molecule has 0 bridgehead atoms. The van der Waals surface area contributed by atoms with E-state index in [0.717, 1.165) is 58.4 Å². The van der Waals surface area contributed by atoms with Crippen LogP contribution in [0.5, 0.6) is 0 Å². The molecule has 4 rings (SSSR count). The predicted molar refractivity (Wildman–Crippen MR) is 99.8 cm³/mol. The summed E-state index contributed by atoms with van der Waals surface area (Å²) in [6.45, 7) is 11.4. The normalized spacial score (nSPS) is 25.2. The van der Waals surface area contributed by atoms with Crippen molar-refractivity contribution in [2.45, 2.75) is 26.0 Å². The second-order valence-corrected chi connectivity index (χ2v) is 7.43. The molecule has 0 aliphatic carbocycles. The van der Waals surface area contributed by atoms with E-state index in [1.165, 1.54) is 0 Å². The molecule has 3 aliphatic heterocycles. The average Bonchev–Trinajstić information content (AvgIpc) is 3.33. The highest BCUT2D eigenvalue weighted by molar-refractivity contribution is 5.75. The summed E-state index contributed by atoms with van der Waals surface area (Å²) in [4.78, 5) is 8.82. The van der Waals surface area contributed by atoms with E-state index >= 15 is 0 Å². The lowest BCUT2D eigenvalue weighted by molar-refractivity contribution is 0.0437. The van der Waals surface area contributed by atoms with Crippen molar-refractivity contribution >= 4 is 12.0 Å². The Morgan fingerprint density at radius 2 is 1.70 bits per heavy atom. The Morgan fingerprint density at radius 1 is 1.00 bits per heavy atom. The third kappa shape index (κ3) is 4.32. The summed E-state index contributed by atoms with van der Waals surface area (Å²) < 4.78 is 11.7. The molecule has 0 radical (unpaired) electrons. The average molecular weight is 379 g/mol. The Hall–Kier alpha value is -1.95. The minimum Gasteiger partial charge on any atom is -0.443 e. The van der Waals surface area contributed by atoms with Gasteiger partial charge in [0.25, 0.3) is 6.02 Å². The van der Waals surface area contributed by atoms with Crippen LogP contribution in [0, 0.1) is 0 Å². The van der Waals surface area contributed by atoms with Gasteiger partial charge in [-0.3, -0.25) is 5.84 Å². The van der Waals surface area contributed by atoms with Crippen molar-refractivity contribution in [2.24, 2.45) is 10.8 Å². The van der Waals surface area contributed by atoms with Crippen LogP contribution in [0.3, 0.4) is 0 Å². The van der Waals surface area contributed by atoms with Gasteiger partial charge in [0.1, 0.15) is 0 Å². The Balaban J connectivity index is 1.21. The Kier molecular flexibility index (Phi) is 5.43. The number of hydrazine groups is 2. The number of aromatic nitrogens is 2. The molecule has 3 N–H and O–H groups in total. The van der Waals surface area contributed by atoms with Gasteiger partial charge >= 0.3 is 6.01 Å². The van der Waals surface area contributed by atoms with Gasteiger partial charge in [0.15, 0.2) is 6.23 Å². The molecule has 150 valence electrons. The monoisotopic (exact) mass is 379 g/mol. The molecule has 4 heterocycles. The number of hydrogen-bond donors (Lipinski definition) is 2. The third-order valence-electron chi connectivity index (χ3n) is 5.03. The van der Waals surface area contributed by atoms with E-state index < -0.39 is 0 Å². The second-order valence-electron chi connectivity index (χ2n) is 7.43. The molecular weight excluding hydrogens is 350 g/mol. The second kappa shape index (κ2) is 7.97. The first-order valence-corrected chi connectivity index (χ1v) is 9.63. The molecule has 0 spiro atoms. The van der Waals surface area contributed by atoms with Crippen molar-refractivity contribution in [1.29, 1.82) is 0 Å². The highest BCUT2D eigenvalue weighted by atomic mass is 16.5. The van der Waals surface area contributed by atoms with Gasteiger partial charge in [0.05, 0.1) is 6.54 Å². The van der Waals surface area contributed by atoms with Gasteiger partial charge < -0.3 is 19.0 Å². The van der Waals surface area contributed by atoms with E-state index in [0.29, 0.717) is 18.5 Å². The largest absolute Gasteiger partial charge is 0.443 e. The number of ether oxygens (including phenoxy) is 1. The topological polar surface area (TPSA) is 112 Å². The molecule has 0 aromatic carbocycles. The maximum atomic E-state index is 5.99. The standard InChI is InChI=1S/C16H29N9O2/c1-12(2)14-19-20-16(27-14)23-5-9-25(10-6-23)21-13-11-18-15(26-13)22-3-7-24(17)8-4-22/h12-13,21H,3-11,17H2,1-2H3. The minimum atomic E-state index is -0.113. The Bertz CT molecular complexity index is 648. The number of anilines is 1. The van der Waals surface area contributed by atoms with Crippen molar-refractivity contribution in [3.8, 4) is 0 Å². The molecule has 11 nitrogen and oxygen atoms in total. The first kappa shape index (κ1) is 18.4. The zero-order valence-electron chi connectivity index (χ0n) is 16.0. The number of hydrogen-bond acceptors (Lipinski definition) is 11. The van der Waals surface area contributed by atoms with Crippen LogP contribution in [0.15, 0.2) is 9.41 Å². The van der Waals surface area contributed by atoms with E-state index in [-0.39, 0.29) is 12.1 Å². The highest BCUT2D eigenvalue weighted by Crippen LogP contribution is 2.19. The zero-order chi connectivity index (χ0) is 18.8. The summed E-state index contributed by atoms with van der Waals surface area (Å²) in [6.07, 6.45) is -0.113. The molecule has 11 heteroatoms. The number of aliphatic imine (C=N–C) groups is 1. The first-order chi connectivity index (χ1) is 13.1. The lowest BCUT2D eigenvalue weighted by atomic mass is 10.2. The summed E-state index contributed by atoms with van der Waals surface area (Å²) in [5, 5.41) is 12.3. The number of nitrogens with one attached hydrogen (secondary N) is 1. The molecule has 1 unspecified atom stereocenters. The maximum Gasteiger partial charge on any atom is 0.318 e. The smallest absolute Gasteiger partial charge is 0.318 e. The molecule has 27 heavy (non-hydrogen) atoms. The van der Waals surface area contributed by atoms with Gasteiger partial charge in [-0.25, -0.2) is 20.4 Å². The van der Waals surface area contributed by atoms with E-state index in [4.69, 9.17) is 15.0 Å². The van der Waals surface area contributed by atoms with Crippen molar-refractivity contribution in [1.82, 2.24) is 30.5 Å². The number of rotatable bonds is 4. The van der Waals surface area contributed by atoms with Crippen LogP contribution in [0.2, 0.25) is 0 Å². The van der Waals surface area contributed by atoms with Crippen LogP contribution >= 0.6 is 0 Å². The lowest BCUT2D eigenvalue weighted by Gasteiger charge is -2.36. The van der Waals surface area contributed by atoms with Gasteiger partial charge in [0, 0.05) is 58.3 Å². The van der Waals surface area contributed by atoms with E-state index in [2.05, 4.69) is 35.4 Å². The van der Waals surface area contributed by atoms with Gasteiger partial charge in [-0.2, -0.15) is 0 Å². The first-order valence-electron chi connectivity index (χ1n) is 9.63. The highest BCUT2D eigenvalue weighted by Gasteiger charge is 2.29. The summed E-state index contributed by atoms with van der Waals surface area (Å²) in [5.74, 6) is 6.74. The summed E-state index contributed by atoms with van der Waals surface area (Å²) in [7, 11) is 0. The SMILES string of the molecule is CC(C)c1nnc(N2CCN(NC3CN=C(N4CCN(N)CC4)O3)CC2)o1. The quantitative estimate of drug-likeness (QED) is 0.633. The molecule has 0 saturated carbocycles. The van der Waals surface area contributed by atoms with Gasteiger partial charge in [-0.05, 0) is 0 Å². The number of amidine groups is 1. The zero-order valence-corrected chi connectivity index (χ0v) is 16.0. The van der Waals surface area contributed by atoms with Crippen molar-refractivity contribution in [2.75, 3.05) is 63.8 Å². The minimum absolute atomic E-state index is 0.113. The van der Waals surface area contributed by atoms with Gasteiger partial charge in [-0.1, -0.05) is 18.9 Å². The molecule has 3 aliphatic rings. The van der Waals surface area contributed by atoms with Crippen LogP contribution < -0.4 is 16.2 Å². The van der Waals surface area contributed by atoms with Crippen molar-refractivity contribution in [3.05, 3.63) is 5.89 Å². The molecule has 1 atom stereocenters. The fourth-order valence-electron chi connectivity index (χ4n) is 3.34.